The van der Waals surface area contributed by atoms with Gasteiger partial charge in [-0.05, 0) is 39.7 Å². The normalized spacial score (nSPS) is 17.1. The molecule has 140 valence electrons. The predicted octanol–water partition coefficient (Wildman–Crippen LogP) is 4.48. The van der Waals surface area contributed by atoms with Crippen LogP contribution in [-0.4, -0.2) is 37.4 Å². The van der Waals surface area contributed by atoms with E-state index in [2.05, 4.69) is 30.9 Å². The molecule has 0 radical (unpaired) electrons. The number of nitrogens with one attached hydrogen (secondary N) is 1. The molecule has 3 rings (SSSR count). The molecule has 1 saturated heterocycles. The zero-order chi connectivity index (χ0) is 18.7. The lowest BCUT2D eigenvalue weighted by atomic mass is 9.96. The number of halogens is 5. The predicted molar refractivity (Wildman–Crippen MR) is 93.5 cm³/mol. The Labute approximate surface area is 157 Å². The van der Waals surface area contributed by atoms with Crippen LogP contribution in [-0.2, 0) is 0 Å². The second-order valence-corrected chi connectivity index (χ2v) is 6.80. The summed E-state index contributed by atoms with van der Waals surface area (Å²) < 4.78 is 56.1. The molecule has 3 nitrogen and oxygen atoms in total. The largest absolute Gasteiger partial charge is 0.573 e. The van der Waals surface area contributed by atoms with Crippen LogP contribution in [0, 0.1) is 5.82 Å². The number of hydrogen-bond acceptors (Lipinski definition) is 3. The summed E-state index contributed by atoms with van der Waals surface area (Å²) >= 11 is 3.20. The molecule has 0 saturated carbocycles. The van der Waals surface area contributed by atoms with E-state index in [-0.39, 0.29) is 11.6 Å². The molecule has 8 heteroatoms. The second kappa shape index (κ2) is 7.94. The van der Waals surface area contributed by atoms with Gasteiger partial charge in [0.2, 0.25) is 0 Å². The molecule has 1 fully saturated rings. The van der Waals surface area contributed by atoms with Gasteiger partial charge in [0.25, 0.3) is 0 Å². The van der Waals surface area contributed by atoms with E-state index < -0.39 is 12.4 Å². The molecule has 1 heterocycles. The molecule has 0 bridgehead atoms. The lowest BCUT2D eigenvalue weighted by Gasteiger charge is -2.35. The van der Waals surface area contributed by atoms with Gasteiger partial charge >= 0.3 is 6.36 Å². The molecule has 0 unspecified atom stereocenters. The third kappa shape index (κ3) is 4.55. The van der Waals surface area contributed by atoms with Crippen molar-refractivity contribution in [3.63, 3.8) is 0 Å². The molecular formula is C18H17BrF4N2O. The van der Waals surface area contributed by atoms with Crippen molar-refractivity contribution in [1.82, 2.24) is 10.2 Å². The molecule has 0 spiro atoms. The van der Waals surface area contributed by atoms with Gasteiger partial charge in [-0.3, -0.25) is 4.90 Å². The molecule has 1 aliphatic rings. The Hall–Kier alpha value is -1.64. The van der Waals surface area contributed by atoms with E-state index in [0.29, 0.717) is 28.7 Å². The summed E-state index contributed by atoms with van der Waals surface area (Å²) in [5.74, 6) is -0.665. The Morgan fingerprint density at radius 2 is 1.69 bits per heavy atom. The minimum Gasteiger partial charge on any atom is -0.406 e. The summed E-state index contributed by atoms with van der Waals surface area (Å²) in [5, 5.41) is 3.24. The average Bonchev–Trinajstić information content (AvgIpc) is 2.60. The molecule has 1 atom stereocenters. The fraction of sp³-hybridized carbons (Fsp3) is 0.333. The molecule has 2 aromatic carbocycles. The maximum absolute atomic E-state index is 14.7. The van der Waals surface area contributed by atoms with Gasteiger partial charge in [-0.25, -0.2) is 4.39 Å². The Morgan fingerprint density at radius 1 is 1.04 bits per heavy atom. The highest BCUT2D eigenvalue weighted by Gasteiger charge is 2.31. The lowest BCUT2D eigenvalue weighted by molar-refractivity contribution is -0.274. The van der Waals surface area contributed by atoms with Crippen LogP contribution >= 0.6 is 15.9 Å². The number of piperazine rings is 1. The molecule has 2 aromatic rings. The topological polar surface area (TPSA) is 24.5 Å². The SMILES string of the molecule is Fc1c(Br)cccc1[C@H](c1ccc(OC(F)(F)F)cc1)N1CCNCC1. The van der Waals surface area contributed by atoms with Gasteiger partial charge in [0, 0.05) is 31.7 Å². The van der Waals surface area contributed by atoms with Crippen molar-refractivity contribution < 1.29 is 22.3 Å². The van der Waals surface area contributed by atoms with Gasteiger partial charge in [-0.15, -0.1) is 13.2 Å². The van der Waals surface area contributed by atoms with Gasteiger partial charge in [-0.2, -0.15) is 0 Å². The quantitative estimate of drug-likeness (QED) is 0.720. The third-order valence-electron chi connectivity index (χ3n) is 4.22. The smallest absolute Gasteiger partial charge is 0.406 e. The summed E-state index contributed by atoms with van der Waals surface area (Å²) in [6.07, 6.45) is -4.74. The summed E-state index contributed by atoms with van der Waals surface area (Å²) in [5.41, 5.74) is 1.18. The molecule has 26 heavy (non-hydrogen) atoms. The van der Waals surface area contributed by atoms with E-state index in [1.165, 1.54) is 12.1 Å². The van der Waals surface area contributed by atoms with Crippen LogP contribution in [0.15, 0.2) is 46.9 Å². The number of hydrogen-bond donors (Lipinski definition) is 1. The minimum absolute atomic E-state index is 0.296. The molecule has 0 aliphatic carbocycles. The van der Waals surface area contributed by atoms with Crippen molar-refractivity contribution in [3.05, 3.63) is 63.9 Å². The summed E-state index contributed by atoms with van der Waals surface area (Å²) in [4.78, 5) is 2.11. The number of alkyl halides is 3. The molecule has 0 amide bonds. The standard InChI is InChI=1S/C18H17BrF4N2O/c19-15-3-1-2-14(16(15)20)17(25-10-8-24-9-11-25)12-4-6-13(7-5-12)26-18(21,22)23/h1-7,17,24H,8-11H2/t17-/m0/s1. The Morgan fingerprint density at radius 3 is 2.31 bits per heavy atom. The van der Waals surface area contributed by atoms with Crippen molar-refractivity contribution in [3.8, 4) is 5.75 Å². The average molecular weight is 433 g/mol. The van der Waals surface area contributed by atoms with Crippen LogP contribution in [0.3, 0.4) is 0 Å². The number of benzene rings is 2. The number of rotatable bonds is 4. The van der Waals surface area contributed by atoms with Crippen LogP contribution in [0.25, 0.3) is 0 Å². The number of nitrogens with zero attached hydrogens (tertiary/aromatic N) is 1. The van der Waals surface area contributed by atoms with E-state index >= 15 is 0 Å². The van der Waals surface area contributed by atoms with E-state index in [0.717, 1.165) is 13.1 Å². The van der Waals surface area contributed by atoms with Crippen LogP contribution in [0.4, 0.5) is 17.6 Å². The lowest BCUT2D eigenvalue weighted by Crippen LogP contribution is -2.45. The van der Waals surface area contributed by atoms with Crippen molar-refractivity contribution in [2.75, 3.05) is 26.2 Å². The first-order chi connectivity index (χ1) is 12.3. The molecule has 1 N–H and O–H groups in total. The Kier molecular flexibility index (Phi) is 5.84. The van der Waals surface area contributed by atoms with Crippen molar-refractivity contribution in [2.45, 2.75) is 12.4 Å². The van der Waals surface area contributed by atoms with Gasteiger partial charge in [-0.1, -0.05) is 24.3 Å². The van der Waals surface area contributed by atoms with Crippen LogP contribution in [0.5, 0.6) is 5.75 Å². The van der Waals surface area contributed by atoms with E-state index in [1.54, 1.807) is 30.3 Å². The zero-order valence-electron chi connectivity index (χ0n) is 13.7. The summed E-state index contributed by atoms with van der Waals surface area (Å²) in [6, 6.07) is 10.3. The van der Waals surface area contributed by atoms with Crippen molar-refractivity contribution in [1.29, 1.82) is 0 Å². The maximum atomic E-state index is 14.7. The first-order valence-corrected chi connectivity index (χ1v) is 8.89. The van der Waals surface area contributed by atoms with Crippen LogP contribution in [0.2, 0.25) is 0 Å². The fourth-order valence-electron chi connectivity index (χ4n) is 3.11. The highest BCUT2D eigenvalue weighted by atomic mass is 79.9. The third-order valence-corrected chi connectivity index (χ3v) is 4.83. The first-order valence-electron chi connectivity index (χ1n) is 8.09. The van der Waals surface area contributed by atoms with Crippen molar-refractivity contribution in [2.24, 2.45) is 0 Å². The zero-order valence-corrected chi connectivity index (χ0v) is 15.3. The monoisotopic (exact) mass is 432 g/mol. The Balaban J connectivity index is 1.96. The highest BCUT2D eigenvalue weighted by molar-refractivity contribution is 9.10. The van der Waals surface area contributed by atoms with Crippen molar-refractivity contribution >= 4 is 15.9 Å². The summed E-state index contributed by atoms with van der Waals surface area (Å²) in [7, 11) is 0. The number of ether oxygens (including phenoxy) is 1. The van der Waals surface area contributed by atoms with Gasteiger partial charge in [0.05, 0.1) is 10.5 Å². The first kappa shape index (κ1) is 19.1. The van der Waals surface area contributed by atoms with E-state index in [9.17, 15) is 17.6 Å². The van der Waals surface area contributed by atoms with Crippen LogP contribution in [0.1, 0.15) is 17.2 Å². The fourth-order valence-corrected chi connectivity index (χ4v) is 3.49. The van der Waals surface area contributed by atoms with E-state index in [1.807, 2.05) is 0 Å². The van der Waals surface area contributed by atoms with Crippen LogP contribution < -0.4 is 10.1 Å². The molecular weight excluding hydrogens is 416 g/mol. The van der Waals surface area contributed by atoms with Gasteiger partial charge < -0.3 is 10.1 Å². The highest BCUT2D eigenvalue weighted by Crippen LogP contribution is 2.34. The summed E-state index contributed by atoms with van der Waals surface area (Å²) in [6.45, 7) is 2.94. The Bertz CT molecular complexity index is 746. The van der Waals surface area contributed by atoms with E-state index in [4.69, 9.17) is 0 Å². The molecule has 0 aromatic heterocycles. The second-order valence-electron chi connectivity index (χ2n) is 5.95. The minimum atomic E-state index is -4.74. The van der Waals surface area contributed by atoms with Gasteiger partial charge in [0.1, 0.15) is 11.6 Å². The van der Waals surface area contributed by atoms with Gasteiger partial charge in [0.15, 0.2) is 0 Å². The maximum Gasteiger partial charge on any atom is 0.573 e. The molecule has 1 aliphatic heterocycles.